The third-order valence-corrected chi connectivity index (χ3v) is 4.00. The van der Waals surface area contributed by atoms with E-state index in [2.05, 4.69) is 26.1 Å². The minimum absolute atomic E-state index is 0.0217. The second-order valence-corrected chi connectivity index (χ2v) is 5.52. The van der Waals surface area contributed by atoms with Gasteiger partial charge < -0.3 is 15.3 Å². The van der Waals surface area contributed by atoms with Gasteiger partial charge in [-0.1, -0.05) is 33.6 Å². The molecule has 106 valence electrons. The van der Waals surface area contributed by atoms with Crippen molar-refractivity contribution in [1.82, 2.24) is 10.2 Å². The smallest absolute Gasteiger partial charge is 0.317 e. The molecule has 2 atom stereocenters. The fourth-order valence-corrected chi connectivity index (χ4v) is 2.68. The lowest BCUT2D eigenvalue weighted by atomic mass is 9.96. The molecule has 0 saturated carbocycles. The van der Waals surface area contributed by atoms with E-state index in [4.69, 9.17) is 0 Å². The normalized spacial score (nSPS) is 22.1. The molecular weight excluding hydrogens is 228 g/mol. The van der Waals surface area contributed by atoms with E-state index in [1.165, 1.54) is 6.42 Å². The van der Waals surface area contributed by atoms with Gasteiger partial charge in [-0.05, 0) is 24.7 Å². The van der Waals surface area contributed by atoms with Gasteiger partial charge >= 0.3 is 6.03 Å². The van der Waals surface area contributed by atoms with Gasteiger partial charge in [-0.3, -0.25) is 0 Å². The second-order valence-electron chi connectivity index (χ2n) is 5.52. The molecule has 1 saturated heterocycles. The van der Waals surface area contributed by atoms with E-state index in [1.54, 1.807) is 0 Å². The van der Waals surface area contributed by atoms with E-state index in [-0.39, 0.29) is 11.9 Å². The highest BCUT2D eigenvalue weighted by Crippen LogP contribution is 2.16. The van der Waals surface area contributed by atoms with Crippen LogP contribution in [0, 0.1) is 11.8 Å². The second kappa shape index (κ2) is 7.62. The van der Waals surface area contributed by atoms with Crippen LogP contribution in [0.2, 0.25) is 0 Å². The summed E-state index contributed by atoms with van der Waals surface area (Å²) < 4.78 is 0. The number of piperidine rings is 1. The van der Waals surface area contributed by atoms with Crippen LogP contribution in [0.3, 0.4) is 0 Å². The van der Waals surface area contributed by atoms with Crippen molar-refractivity contribution in [3.8, 4) is 0 Å². The molecule has 0 aromatic carbocycles. The predicted molar refractivity (Wildman–Crippen MR) is 73.4 cm³/mol. The minimum Gasteiger partial charge on any atom is -0.391 e. The van der Waals surface area contributed by atoms with Gasteiger partial charge in [0.05, 0.1) is 6.10 Å². The van der Waals surface area contributed by atoms with E-state index in [1.807, 2.05) is 4.90 Å². The van der Waals surface area contributed by atoms with Gasteiger partial charge in [0.25, 0.3) is 0 Å². The first-order chi connectivity index (χ1) is 8.58. The molecule has 4 heteroatoms. The number of nitrogens with one attached hydrogen (secondary N) is 1. The molecule has 2 unspecified atom stereocenters. The Morgan fingerprint density at radius 1 is 1.44 bits per heavy atom. The van der Waals surface area contributed by atoms with E-state index in [9.17, 15) is 9.90 Å². The lowest BCUT2D eigenvalue weighted by molar-refractivity contribution is 0.0986. The summed E-state index contributed by atoms with van der Waals surface area (Å²) in [5.74, 6) is 0.874. The Bertz CT molecular complexity index is 254. The average Bonchev–Trinajstić information content (AvgIpc) is 2.37. The molecule has 0 radical (unpaired) electrons. The van der Waals surface area contributed by atoms with Gasteiger partial charge in [-0.25, -0.2) is 4.79 Å². The summed E-state index contributed by atoms with van der Waals surface area (Å²) >= 11 is 0. The number of aliphatic hydroxyl groups excluding tert-OH is 1. The van der Waals surface area contributed by atoms with Crippen LogP contribution in [-0.2, 0) is 0 Å². The number of nitrogens with zero attached hydrogens (tertiary/aromatic N) is 1. The standard InChI is InChI=1S/C14H28N2O2/c1-4-12(5-2)13(17)9-15-14(18)16-8-6-7-11(3)10-16/h11-13,17H,4-10H2,1-3H3,(H,15,18). The van der Waals surface area contributed by atoms with Crippen LogP contribution < -0.4 is 5.32 Å². The molecule has 0 spiro atoms. The van der Waals surface area contributed by atoms with Gasteiger partial charge in [0.15, 0.2) is 0 Å². The molecule has 0 aromatic rings. The maximum Gasteiger partial charge on any atom is 0.317 e. The third-order valence-electron chi connectivity index (χ3n) is 4.00. The first-order valence-corrected chi connectivity index (χ1v) is 7.29. The van der Waals surface area contributed by atoms with Crippen LogP contribution in [0.15, 0.2) is 0 Å². The number of likely N-dealkylation sites (tertiary alicyclic amines) is 1. The summed E-state index contributed by atoms with van der Waals surface area (Å²) in [5, 5.41) is 12.8. The lowest BCUT2D eigenvalue weighted by Crippen LogP contribution is -2.47. The van der Waals surface area contributed by atoms with Crippen LogP contribution in [0.25, 0.3) is 0 Å². The summed E-state index contributed by atoms with van der Waals surface area (Å²) in [6, 6.07) is -0.0217. The number of aliphatic hydroxyl groups is 1. The zero-order valence-electron chi connectivity index (χ0n) is 12.0. The molecule has 2 N–H and O–H groups in total. The molecule has 1 fully saturated rings. The van der Waals surface area contributed by atoms with Gasteiger partial charge in [0.1, 0.15) is 0 Å². The molecule has 1 heterocycles. The fraction of sp³-hybridized carbons (Fsp3) is 0.929. The molecule has 4 nitrogen and oxygen atoms in total. The largest absolute Gasteiger partial charge is 0.391 e. The Balaban J connectivity index is 2.31. The molecule has 18 heavy (non-hydrogen) atoms. The number of carbonyl (C=O) groups excluding carboxylic acids is 1. The summed E-state index contributed by atoms with van der Waals surface area (Å²) in [6.45, 7) is 8.38. The molecule has 0 aliphatic carbocycles. The highest BCUT2D eigenvalue weighted by atomic mass is 16.3. The average molecular weight is 256 g/mol. The molecule has 2 amide bonds. The summed E-state index contributed by atoms with van der Waals surface area (Å²) in [6.07, 6.45) is 3.78. The monoisotopic (exact) mass is 256 g/mol. The summed E-state index contributed by atoms with van der Waals surface area (Å²) in [5.41, 5.74) is 0. The van der Waals surface area contributed by atoms with Crippen LogP contribution in [-0.4, -0.2) is 41.8 Å². The highest BCUT2D eigenvalue weighted by Gasteiger charge is 2.22. The number of urea groups is 1. The Morgan fingerprint density at radius 2 is 2.11 bits per heavy atom. The molecule has 1 aliphatic heterocycles. The molecule has 0 aromatic heterocycles. The van der Waals surface area contributed by atoms with Crippen LogP contribution >= 0.6 is 0 Å². The number of hydrogen-bond donors (Lipinski definition) is 2. The van der Waals surface area contributed by atoms with Crippen molar-refractivity contribution in [3.63, 3.8) is 0 Å². The van der Waals surface area contributed by atoms with E-state index in [0.717, 1.165) is 32.4 Å². The lowest BCUT2D eigenvalue weighted by Gasteiger charge is -2.31. The van der Waals surface area contributed by atoms with E-state index >= 15 is 0 Å². The Morgan fingerprint density at radius 3 is 2.67 bits per heavy atom. The topological polar surface area (TPSA) is 52.6 Å². The fourth-order valence-electron chi connectivity index (χ4n) is 2.68. The Kier molecular flexibility index (Phi) is 6.47. The highest BCUT2D eigenvalue weighted by molar-refractivity contribution is 5.74. The molecular formula is C14H28N2O2. The quantitative estimate of drug-likeness (QED) is 0.792. The number of hydrogen-bond acceptors (Lipinski definition) is 2. The third kappa shape index (κ3) is 4.48. The first-order valence-electron chi connectivity index (χ1n) is 7.29. The minimum atomic E-state index is -0.425. The van der Waals surface area contributed by atoms with Gasteiger partial charge in [-0.15, -0.1) is 0 Å². The van der Waals surface area contributed by atoms with Crippen molar-refractivity contribution in [2.24, 2.45) is 11.8 Å². The zero-order chi connectivity index (χ0) is 13.5. The zero-order valence-corrected chi connectivity index (χ0v) is 12.0. The van der Waals surface area contributed by atoms with Crippen LogP contribution in [0.5, 0.6) is 0 Å². The van der Waals surface area contributed by atoms with Crippen LogP contribution in [0.4, 0.5) is 4.79 Å². The van der Waals surface area contributed by atoms with Gasteiger partial charge in [0, 0.05) is 19.6 Å². The maximum atomic E-state index is 12.0. The van der Waals surface area contributed by atoms with Crippen molar-refractivity contribution in [2.75, 3.05) is 19.6 Å². The molecule has 1 rings (SSSR count). The number of rotatable bonds is 5. The van der Waals surface area contributed by atoms with Crippen molar-refractivity contribution in [1.29, 1.82) is 0 Å². The predicted octanol–water partition coefficient (Wildman–Crippen LogP) is 2.22. The van der Waals surface area contributed by atoms with Crippen molar-refractivity contribution in [3.05, 3.63) is 0 Å². The number of amides is 2. The number of carbonyl (C=O) groups is 1. The Labute approximate surface area is 111 Å². The van der Waals surface area contributed by atoms with E-state index < -0.39 is 6.10 Å². The first kappa shape index (κ1) is 15.3. The maximum absolute atomic E-state index is 12.0. The van der Waals surface area contributed by atoms with Crippen molar-refractivity contribution in [2.45, 2.75) is 52.6 Å². The van der Waals surface area contributed by atoms with Crippen LogP contribution in [0.1, 0.15) is 46.5 Å². The van der Waals surface area contributed by atoms with E-state index in [0.29, 0.717) is 12.5 Å². The van der Waals surface area contributed by atoms with Crippen molar-refractivity contribution < 1.29 is 9.90 Å². The SMILES string of the molecule is CCC(CC)C(O)CNC(=O)N1CCCC(C)C1. The van der Waals surface area contributed by atoms with Crippen molar-refractivity contribution >= 4 is 6.03 Å². The summed E-state index contributed by atoms with van der Waals surface area (Å²) in [7, 11) is 0. The van der Waals surface area contributed by atoms with Gasteiger partial charge in [-0.2, -0.15) is 0 Å². The Hall–Kier alpha value is -0.770. The molecule has 1 aliphatic rings. The van der Waals surface area contributed by atoms with Gasteiger partial charge in [0.2, 0.25) is 0 Å². The summed E-state index contributed by atoms with van der Waals surface area (Å²) in [4.78, 5) is 13.8. The molecule has 0 bridgehead atoms.